The largest absolute Gasteiger partial charge is 0.326 e. The second kappa shape index (κ2) is 5.80. The maximum Gasteiger partial charge on any atom is 0.167 e. The number of benzene rings is 2. The highest BCUT2D eigenvalue weighted by atomic mass is 35.5. The third-order valence-corrected chi connectivity index (χ3v) is 3.11. The lowest BCUT2D eigenvalue weighted by atomic mass is 9.99. The van der Waals surface area contributed by atoms with Crippen LogP contribution in [0.1, 0.15) is 21.5 Å². The summed E-state index contributed by atoms with van der Waals surface area (Å²) in [6.07, 6.45) is 0.370. The Bertz CT molecular complexity index is 549. The van der Waals surface area contributed by atoms with E-state index in [9.17, 15) is 4.79 Å². The van der Waals surface area contributed by atoms with Crippen LogP contribution in [0.25, 0.3) is 0 Å². The van der Waals surface area contributed by atoms with Gasteiger partial charge in [-0.3, -0.25) is 4.79 Å². The molecule has 0 saturated carbocycles. The number of hydrogen-bond donors (Lipinski definition) is 1. The number of halogens is 1. The second-order valence-corrected chi connectivity index (χ2v) is 4.52. The molecule has 0 heterocycles. The molecule has 2 aromatic rings. The van der Waals surface area contributed by atoms with Gasteiger partial charge in [0, 0.05) is 23.6 Å². The average molecular weight is 260 g/mol. The highest BCUT2D eigenvalue weighted by Gasteiger charge is 2.09. The van der Waals surface area contributed by atoms with Crippen LogP contribution in [0.4, 0.5) is 0 Å². The van der Waals surface area contributed by atoms with E-state index in [2.05, 4.69) is 0 Å². The van der Waals surface area contributed by atoms with Gasteiger partial charge >= 0.3 is 0 Å². The summed E-state index contributed by atoms with van der Waals surface area (Å²) in [7, 11) is 0. The molecule has 0 aromatic heterocycles. The fraction of sp³-hybridized carbons (Fsp3) is 0.133. The summed E-state index contributed by atoms with van der Waals surface area (Å²) in [5.74, 6) is 0.0765. The molecule has 2 nitrogen and oxygen atoms in total. The Morgan fingerprint density at radius 3 is 2.22 bits per heavy atom. The highest BCUT2D eigenvalue weighted by molar-refractivity contribution is 6.30. The van der Waals surface area contributed by atoms with Gasteiger partial charge in [-0.05, 0) is 35.4 Å². The first-order valence-electron chi connectivity index (χ1n) is 5.76. The van der Waals surface area contributed by atoms with Crippen LogP contribution in [0.3, 0.4) is 0 Å². The van der Waals surface area contributed by atoms with E-state index in [4.69, 9.17) is 17.3 Å². The molecule has 0 radical (unpaired) electrons. The topological polar surface area (TPSA) is 43.1 Å². The van der Waals surface area contributed by atoms with Gasteiger partial charge < -0.3 is 5.73 Å². The molecule has 3 heteroatoms. The van der Waals surface area contributed by atoms with E-state index in [1.807, 2.05) is 24.3 Å². The van der Waals surface area contributed by atoms with E-state index >= 15 is 0 Å². The van der Waals surface area contributed by atoms with Crippen molar-refractivity contribution < 1.29 is 4.79 Å². The van der Waals surface area contributed by atoms with E-state index in [1.54, 1.807) is 24.3 Å². The Labute approximate surface area is 111 Å². The van der Waals surface area contributed by atoms with Gasteiger partial charge in [-0.1, -0.05) is 35.9 Å². The van der Waals surface area contributed by atoms with Crippen LogP contribution in [-0.2, 0) is 13.0 Å². The summed E-state index contributed by atoms with van der Waals surface area (Å²) < 4.78 is 0. The molecule has 0 aliphatic rings. The van der Waals surface area contributed by atoms with Gasteiger partial charge in [-0.15, -0.1) is 0 Å². The Morgan fingerprint density at radius 2 is 1.61 bits per heavy atom. The monoisotopic (exact) mass is 259 g/mol. The van der Waals surface area contributed by atoms with Crippen molar-refractivity contribution in [3.05, 3.63) is 70.2 Å². The van der Waals surface area contributed by atoms with E-state index in [-0.39, 0.29) is 5.78 Å². The molecule has 0 saturated heterocycles. The number of carbonyl (C=O) groups is 1. The van der Waals surface area contributed by atoms with Gasteiger partial charge in [0.1, 0.15) is 0 Å². The SMILES string of the molecule is NCc1ccccc1CC(=O)c1ccc(Cl)cc1. The van der Waals surface area contributed by atoms with Crippen molar-refractivity contribution in [2.24, 2.45) is 5.73 Å². The number of ketones is 1. The lowest BCUT2D eigenvalue weighted by molar-refractivity contribution is 0.0992. The molecule has 2 aromatic carbocycles. The van der Waals surface area contributed by atoms with Crippen LogP contribution < -0.4 is 5.73 Å². The maximum atomic E-state index is 12.1. The van der Waals surface area contributed by atoms with Gasteiger partial charge in [0.15, 0.2) is 5.78 Å². The summed E-state index contributed by atoms with van der Waals surface area (Å²) in [5.41, 5.74) is 8.33. The van der Waals surface area contributed by atoms with Gasteiger partial charge in [-0.25, -0.2) is 0 Å². The lowest BCUT2D eigenvalue weighted by Crippen LogP contribution is -2.08. The van der Waals surface area contributed by atoms with Crippen LogP contribution in [0.5, 0.6) is 0 Å². The maximum absolute atomic E-state index is 12.1. The summed E-state index contributed by atoms with van der Waals surface area (Å²) in [6, 6.07) is 14.7. The Balaban J connectivity index is 2.18. The molecule has 0 bridgehead atoms. The standard InChI is InChI=1S/C15H14ClNO/c16-14-7-5-11(6-8-14)15(18)9-12-3-1-2-4-13(12)10-17/h1-8H,9-10,17H2. The Kier molecular flexibility index (Phi) is 4.13. The molecule has 0 aliphatic carbocycles. The Hall–Kier alpha value is -1.64. The first-order chi connectivity index (χ1) is 8.70. The van der Waals surface area contributed by atoms with Gasteiger partial charge in [0.25, 0.3) is 0 Å². The van der Waals surface area contributed by atoms with Crippen LogP contribution >= 0.6 is 11.6 Å². The third-order valence-electron chi connectivity index (χ3n) is 2.86. The summed E-state index contributed by atoms with van der Waals surface area (Å²) in [6.45, 7) is 0.448. The lowest BCUT2D eigenvalue weighted by Gasteiger charge is -2.07. The summed E-state index contributed by atoms with van der Waals surface area (Å²) in [5, 5.41) is 0.633. The molecular weight excluding hydrogens is 246 g/mol. The van der Waals surface area contributed by atoms with E-state index in [0.29, 0.717) is 23.6 Å². The molecule has 92 valence electrons. The van der Waals surface area contributed by atoms with Crippen molar-refractivity contribution in [3.63, 3.8) is 0 Å². The zero-order valence-electron chi connectivity index (χ0n) is 9.90. The quantitative estimate of drug-likeness (QED) is 0.857. The Morgan fingerprint density at radius 1 is 1.00 bits per heavy atom. The van der Waals surface area contributed by atoms with Crippen LogP contribution in [0.2, 0.25) is 5.02 Å². The first-order valence-corrected chi connectivity index (χ1v) is 6.14. The molecule has 2 rings (SSSR count). The molecule has 0 amide bonds. The number of rotatable bonds is 4. The van der Waals surface area contributed by atoms with E-state index in [1.165, 1.54) is 0 Å². The zero-order valence-corrected chi connectivity index (χ0v) is 10.7. The highest BCUT2D eigenvalue weighted by Crippen LogP contribution is 2.14. The van der Waals surface area contributed by atoms with Gasteiger partial charge in [0.05, 0.1) is 0 Å². The van der Waals surface area contributed by atoms with E-state index in [0.717, 1.165) is 11.1 Å². The fourth-order valence-electron chi connectivity index (χ4n) is 1.84. The summed E-state index contributed by atoms with van der Waals surface area (Å²) >= 11 is 5.80. The number of hydrogen-bond acceptors (Lipinski definition) is 2. The minimum atomic E-state index is 0.0765. The van der Waals surface area contributed by atoms with Crippen molar-refractivity contribution in [2.75, 3.05) is 0 Å². The summed E-state index contributed by atoms with van der Waals surface area (Å²) in [4.78, 5) is 12.1. The molecule has 0 aliphatic heterocycles. The molecule has 18 heavy (non-hydrogen) atoms. The van der Waals surface area contributed by atoms with Crippen molar-refractivity contribution in [3.8, 4) is 0 Å². The minimum Gasteiger partial charge on any atom is -0.326 e. The van der Waals surface area contributed by atoms with Crippen LogP contribution in [0.15, 0.2) is 48.5 Å². The predicted molar refractivity (Wildman–Crippen MR) is 73.8 cm³/mol. The van der Waals surface area contributed by atoms with Crippen LogP contribution in [0, 0.1) is 0 Å². The van der Waals surface area contributed by atoms with Gasteiger partial charge in [0.2, 0.25) is 0 Å². The normalized spacial score (nSPS) is 10.3. The molecular formula is C15H14ClNO. The fourth-order valence-corrected chi connectivity index (χ4v) is 1.97. The predicted octanol–water partition coefficient (Wildman–Crippen LogP) is 3.22. The van der Waals surface area contributed by atoms with Gasteiger partial charge in [-0.2, -0.15) is 0 Å². The second-order valence-electron chi connectivity index (χ2n) is 4.08. The van der Waals surface area contributed by atoms with Crippen molar-refractivity contribution in [1.82, 2.24) is 0 Å². The number of Topliss-reactive ketones (excluding diaryl/α,β-unsaturated/α-hetero) is 1. The number of carbonyl (C=O) groups excluding carboxylic acids is 1. The average Bonchev–Trinajstić information content (AvgIpc) is 2.40. The molecule has 0 fully saturated rings. The zero-order chi connectivity index (χ0) is 13.0. The molecule has 0 spiro atoms. The third kappa shape index (κ3) is 2.97. The minimum absolute atomic E-state index is 0.0765. The van der Waals surface area contributed by atoms with Crippen molar-refractivity contribution in [2.45, 2.75) is 13.0 Å². The first kappa shape index (κ1) is 12.8. The van der Waals surface area contributed by atoms with Crippen molar-refractivity contribution >= 4 is 17.4 Å². The molecule has 2 N–H and O–H groups in total. The van der Waals surface area contributed by atoms with Crippen LogP contribution in [-0.4, -0.2) is 5.78 Å². The number of nitrogens with two attached hydrogens (primary N) is 1. The molecule has 0 unspecified atom stereocenters. The smallest absolute Gasteiger partial charge is 0.167 e. The molecule has 0 atom stereocenters. The van der Waals surface area contributed by atoms with E-state index < -0.39 is 0 Å². The van der Waals surface area contributed by atoms with Crippen molar-refractivity contribution in [1.29, 1.82) is 0 Å².